The minimum atomic E-state index is -0.763. The molecule has 1 rings (SSSR count). The molecule has 0 bridgehead atoms. The number of hydrogen-bond donors (Lipinski definition) is 3. The van der Waals surface area contributed by atoms with Gasteiger partial charge >= 0.3 is 0 Å². The van der Waals surface area contributed by atoms with Crippen LogP contribution in [0.4, 0.5) is 0 Å². The number of nitrogens with one attached hydrogen (secondary N) is 2. The van der Waals surface area contributed by atoms with Gasteiger partial charge in [-0.2, -0.15) is 0 Å². The number of unbranched alkanes of at least 4 members (excludes halogenated alkanes) is 3. The first kappa shape index (κ1) is 24.8. The standard InChI is InChI=1S/C19H33N3O3.HI/c1-5-7-8-9-12-21-19(20-6-2)22-14-17(23)16-13-15(24-3)10-11-18(16)25-4;/h10-11,13,17,23H,5-9,12,14H2,1-4H3,(H2,20,21,22);1H. The second-order valence-electron chi connectivity index (χ2n) is 5.83. The molecule has 0 aliphatic rings. The number of benzene rings is 1. The monoisotopic (exact) mass is 479 g/mol. The van der Waals surface area contributed by atoms with Gasteiger partial charge in [-0.05, 0) is 31.5 Å². The van der Waals surface area contributed by atoms with E-state index >= 15 is 0 Å². The van der Waals surface area contributed by atoms with Gasteiger partial charge in [0, 0.05) is 18.7 Å². The van der Waals surface area contributed by atoms with Crippen molar-refractivity contribution in [3.8, 4) is 11.5 Å². The van der Waals surface area contributed by atoms with Crippen LogP contribution in [0.1, 0.15) is 51.2 Å². The zero-order chi connectivity index (χ0) is 18.5. The van der Waals surface area contributed by atoms with E-state index in [4.69, 9.17) is 9.47 Å². The van der Waals surface area contributed by atoms with Crippen LogP contribution in [0.5, 0.6) is 11.5 Å². The predicted molar refractivity (Wildman–Crippen MR) is 118 cm³/mol. The number of aliphatic hydroxyl groups excluding tert-OH is 1. The number of aliphatic imine (C=N–C) groups is 1. The molecule has 0 amide bonds. The van der Waals surface area contributed by atoms with E-state index in [-0.39, 0.29) is 30.5 Å². The predicted octanol–water partition coefficient (Wildman–Crippen LogP) is 3.49. The highest BCUT2D eigenvalue weighted by atomic mass is 127. The van der Waals surface area contributed by atoms with Crippen LogP contribution in [0.2, 0.25) is 0 Å². The molecule has 6 nitrogen and oxygen atoms in total. The molecule has 0 radical (unpaired) electrons. The van der Waals surface area contributed by atoms with E-state index in [9.17, 15) is 5.11 Å². The van der Waals surface area contributed by atoms with Gasteiger partial charge in [-0.15, -0.1) is 24.0 Å². The van der Waals surface area contributed by atoms with Crippen molar-refractivity contribution in [1.82, 2.24) is 10.6 Å². The lowest BCUT2D eigenvalue weighted by atomic mass is 10.1. The Morgan fingerprint density at radius 2 is 1.88 bits per heavy atom. The van der Waals surface area contributed by atoms with Crippen molar-refractivity contribution in [1.29, 1.82) is 0 Å². The Morgan fingerprint density at radius 3 is 2.50 bits per heavy atom. The number of halogens is 1. The van der Waals surface area contributed by atoms with Gasteiger partial charge in [0.1, 0.15) is 17.6 Å². The van der Waals surface area contributed by atoms with Gasteiger partial charge in [0.25, 0.3) is 0 Å². The first-order valence-electron chi connectivity index (χ1n) is 9.08. The smallest absolute Gasteiger partial charge is 0.191 e. The summed E-state index contributed by atoms with van der Waals surface area (Å²) in [6, 6.07) is 5.38. The minimum Gasteiger partial charge on any atom is -0.497 e. The number of aliphatic hydroxyl groups is 1. The van der Waals surface area contributed by atoms with Crippen molar-refractivity contribution in [2.45, 2.75) is 45.6 Å². The lowest BCUT2D eigenvalue weighted by Gasteiger charge is -2.16. The summed E-state index contributed by atoms with van der Waals surface area (Å²) < 4.78 is 10.6. The van der Waals surface area contributed by atoms with Crippen molar-refractivity contribution >= 4 is 29.9 Å². The van der Waals surface area contributed by atoms with Gasteiger partial charge in [0.15, 0.2) is 5.96 Å². The third-order valence-electron chi connectivity index (χ3n) is 3.89. The molecule has 0 fully saturated rings. The van der Waals surface area contributed by atoms with E-state index in [0.717, 1.165) is 25.5 Å². The fourth-order valence-electron chi connectivity index (χ4n) is 2.48. The summed E-state index contributed by atoms with van der Waals surface area (Å²) in [7, 11) is 3.19. The Labute approximate surface area is 174 Å². The summed E-state index contributed by atoms with van der Waals surface area (Å²) in [5, 5.41) is 17.0. The van der Waals surface area contributed by atoms with E-state index in [2.05, 4.69) is 22.5 Å². The Balaban J connectivity index is 0.00000625. The first-order chi connectivity index (χ1) is 12.2. The highest BCUT2D eigenvalue weighted by molar-refractivity contribution is 14.0. The zero-order valence-electron chi connectivity index (χ0n) is 16.4. The summed E-state index contributed by atoms with van der Waals surface area (Å²) in [4.78, 5) is 4.49. The van der Waals surface area contributed by atoms with E-state index in [1.54, 1.807) is 32.4 Å². The van der Waals surface area contributed by atoms with Gasteiger partial charge < -0.3 is 25.2 Å². The molecule has 0 heterocycles. The summed E-state index contributed by atoms with van der Waals surface area (Å²) in [6.45, 7) is 6.13. The molecular weight excluding hydrogens is 445 g/mol. The maximum atomic E-state index is 10.5. The summed E-state index contributed by atoms with van der Waals surface area (Å²) >= 11 is 0. The fourth-order valence-corrected chi connectivity index (χ4v) is 2.48. The molecule has 0 saturated heterocycles. The van der Waals surface area contributed by atoms with E-state index < -0.39 is 6.10 Å². The molecular formula is C19H34IN3O3. The van der Waals surface area contributed by atoms with Crippen molar-refractivity contribution < 1.29 is 14.6 Å². The van der Waals surface area contributed by atoms with Crippen molar-refractivity contribution in [3.63, 3.8) is 0 Å². The lowest BCUT2D eigenvalue weighted by Crippen LogP contribution is -2.38. The molecule has 26 heavy (non-hydrogen) atoms. The van der Waals surface area contributed by atoms with E-state index in [0.29, 0.717) is 17.1 Å². The van der Waals surface area contributed by atoms with Crippen LogP contribution in [0, 0.1) is 0 Å². The van der Waals surface area contributed by atoms with Crippen LogP contribution < -0.4 is 20.1 Å². The van der Waals surface area contributed by atoms with E-state index in [1.165, 1.54) is 19.3 Å². The number of guanidine groups is 1. The van der Waals surface area contributed by atoms with Gasteiger partial charge in [-0.3, -0.25) is 4.99 Å². The van der Waals surface area contributed by atoms with Crippen LogP contribution in [0.25, 0.3) is 0 Å². The maximum absolute atomic E-state index is 10.5. The lowest BCUT2D eigenvalue weighted by molar-refractivity contribution is 0.182. The summed E-state index contributed by atoms with van der Waals surface area (Å²) in [6.07, 6.45) is 4.05. The van der Waals surface area contributed by atoms with Gasteiger partial charge in [-0.25, -0.2) is 0 Å². The quantitative estimate of drug-likeness (QED) is 0.196. The zero-order valence-corrected chi connectivity index (χ0v) is 18.7. The second-order valence-corrected chi connectivity index (χ2v) is 5.83. The second kappa shape index (κ2) is 14.9. The number of nitrogens with zero attached hydrogens (tertiary/aromatic N) is 1. The van der Waals surface area contributed by atoms with Crippen molar-refractivity contribution in [3.05, 3.63) is 23.8 Å². The van der Waals surface area contributed by atoms with Crippen LogP contribution in [0.15, 0.2) is 23.2 Å². The third kappa shape index (κ3) is 8.93. The SMILES string of the molecule is CCCCCCNC(=NCC(O)c1cc(OC)ccc1OC)NCC.I. The molecule has 1 aromatic carbocycles. The number of hydrogen-bond acceptors (Lipinski definition) is 4. The number of ether oxygens (including phenoxy) is 2. The summed E-state index contributed by atoms with van der Waals surface area (Å²) in [5.41, 5.74) is 0.671. The molecule has 0 aromatic heterocycles. The van der Waals surface area contributed by atoms with Crippen LogP contribution >= 0.6 is 24.0 Å². The Morgan fingerprint density at radius 1 is 1.12 bits per heavy atom. The van der Waals surface area contributed by atoms with Gasteiger partial charge in [0.2, 0.25) is 0 Å². The molecule has 1 aromatic rings. The normalized spacial score (nSPS) is 12.1. The highest BCUT2D eigenvalue weighted by Gasteiger charge is 2.14. The topological polar surface area (TPSA) is 75.1 Å². The van der Waals surface area contributed by atoms with Crippen LogP contribution in [0.3, 0.4) is 0 Å². The molecule has 150 valence electrons. The number of rotatable bonds is 11. The average molecular weight is 479 g/mol. The fraction of sp³-hybridized carbons (Fsp3) is 0.632. The molecule has 0 aliphatic carbocycles. The maximum Gasteiger partial charge on any atom is 0.191 e. The minimum absolute atomic E-state index is 0. The van der Waals surface area contributed by atoms with Crippen molar-refractivity contribution in [2.24, 2.45) is 4.99 Å². The summed E-state index contributed by atoms with van der Waals surface area (Å²) in [5.74, 6) is 2.03. The Kier molecular flexibility index (Phi) is 14.2. The third-order valence-corrected chi connectivity index (χ3v) is 3.89. The number of methoxy groups -OCH3 is 2. The van der Waals surface area contributed by atoms with Gasteiger partial charge in [0.05, 0.1) is 20.8 Å². The first-order valence-corrected chi connectivity index (χ1v) is 9.08. The molecule has 7 heteroatoms. The van der Waals surface area contributed by atoms with Gasteiger partial charge in [-0.1, -0.05) is 26.2 Å². The average Bonchev–Trinajstić information content (AvgIpc) is 2.64. The molecule has 1 unspecified atom stereocenters. The largest absolute Gasteiger partial charge is 0.497 e. The van der Waals surface area contributed by atoms with Crippen LogP contribution in [-0.2, 0) is 0 Å². The van der Waals surface area contributed by atoms with Crippen LogP contribution in [-0.4, -0.2) is 44.9 Å². The molecule has 0 spiro atoms. The molecule has 1 atom stereocenters. The van der Waals surface area contributed by atoms with E-state index in [1.807, 2.05) is 6.92 Å². The molecule has 3 N–H and O–H groups in total. The Bertz CT molecular complexity index is 527. The highest BCUT2D eigenvalue weighted by Crippen LogP contribution is 2.29. The molecule has 0 aliphatic heterocycles. The Hall–Kier alpha value is -1.22. The molecule has 0 saturated carbocycles. The van der Waals surface area contributed by atoms with Crippen molar-refractivity contribution in [2.75, 3.05) is 33.9 Å².